The highest BCUT2D eigenvalue weighted by Crippen LogP contribution is 2.31. The summed E-state index contributed by atoms with van der Waals surface area (Å²) >= 11 is 7.40. The van der Waals surface area contributed by atoms with Crippen LogP contribution in [0.25, 0.3) is 21.7 Å². The fourth-order valence-electron chi connectivity index (χ4n) is 2.08. The lowest BCUT2D eigenvalue weighted by Crippen LogP contribution is -1.89. The van der Waals surface area contributed by atoms with Crippen molar-refractivity contribution in [2.75, 3.05) is 5.32 Å². The van der Waals surface area contributed by atoms with Crippen LogP contribution >= 0.6 is 22.9 Å². The summed E-state index contributed by atoms with van der Waals surface area (Å²) in [6.07, 6.45) is 0. The first-order valence-corrected chi connectivity index (χ1v) is 7.80. The van der Waals surface area contributed by atoms with Gasteiger partial charge in [-0.2, -0.15) is 0 Å². The molecule has 0 aliphatic carbocycles. The van der Waals surface area contributed by atoms with Gasteiger partial charge in [-0.1, -0.05) is 46.2 Å². The van der Waals surface area contributed by atoms with Gasteiger partial charge in [-0.3, -0.25) is 5.32 Å². The predicted molar refractivity (Wildman–Crippen MR) is 87.6 cm³/mol. The van der Waals surface area contributed by atoms with Crippen LogP contribution in [0, 0.1) is 5.82 Å². The van der Waals surface area contributed by atoms with Crippen LogP contribution in [0.3, 0.4) is 0 Å². The molecule has 0 unspecified atom stereocenters. The lowest BCUT2D eigenvalue weighted by molar-refractivity contribution is 0.587. The van der Waals surface area contributed by atoms with Gasteiger partial charge in [-0.15, -0.1) is 5.10 Å². The van der Waals surface area contributed by atoms with E-state index in [4.69, 9.17) is 16.0 Å². The fraction of sp³-hybridized carbons (Fsp3) is 0. The summed E-state index contributed by atoms with van der Waals surface area (Å²) in [7, 11) is 0. The first-order chi connectivity index (χ1) is 11.2. The molecule has 1 N–H and O–H groups in total. The molecule has 0 bridgehead atoms. The second-order valence-electron chi connectivity index (χ2n) is 4.62. The maximum atomic E-state index is 13.7. The molecule has 0 aliphatic rings. The molecule has 0 saturated carbocycles. The van der Waals surface area contributed by atoms with Crippen LogP contribution in [0.1, 0.15) is 0 Å². The highest BCUT2D eigenvalue weighted by Gasteiger charge is 2.14. The summed E-state index contributed by atoms with van der Waals surface area (Å²) in [4.78, 5) is 4.19. The summed E-state index contributed by atoms with van der Waals surface area (Å²) in [6.45, 7) is 0. The Labute approximate surface area is 138 Å². The first kappa shape index (κ1) is 14.1. The standard InChI is InChI=1S/C15H8ClFN4OS/c16-9-5-2-1-4-8(9)13-20-21-14(22-13)19-15-18-12-10(17)6-3-7-11(12)23-15/h1-7H,(H,18,19,21). The highest BCUT2D eigenvalue weighted by atomic mass is 35.5. The van der Waals surface area contributed by atoms with Crippen LogP contribution in [0.2, 0.25) is 5.02 Å². The van der Waals surface area contributed by atoms with E-state index in [9.17, 15) is 4.39 Å². The van der Waals surface area contributed by atoms with E-state index < -0.39 is 0 Å². The van der Waals surface area contributed by atoms with Gasteiger partial charge in [0.25, 0.3) is 5.89 Å². The van der Waals surface area contributed by atoms with Crippen LogP contribution in [-0.4, -0.2) is 15.2 Å². The molecule has 2 heterocycles. The molecule has 8 heteroatoms. The molecule has 2 aromatic carbocycles. The van der Waals surface area contributed by atoms with Crippen molar-refractivity contribution in [3.63, 3.8) is 0 Å². The zero-order chi connectivity index (χ0) is 15.8. The van der Waals surface area contributed by atoms with Crippen LogP contribution in [0.5, 0.6) is 0 Å². The van der Waals surface area contributed by atoms with E-state index in [2.05, 4.69) is 20.5 Å². The second-order valence-corrected chi connectivity index (χ2v) is 6.06. The van der Waals surface area contributed by atoms with E-state index in [-0.39, 0.29) is 11.8 Å². The fourth-order valence-corrected chi connectivity index (χ4v) is 3.16. The average Bonchev–Trinajstić information content (AvgIpc) is 3.16. The van der Waals surface area contributed by atoms with Gasteiger partial charge < -0.3 is 4.42 Å². The first-order valence-electron chi connectivity index (χ1n) is 6.61. The van der Waals surface area contributed by atoms with Crippen molar-refractivity contribution in [2.24, 2.45) is 0 Å². The maximum absolute atomic E-state index is 13.7. The van der Waals surface area contributed by atoms with E-state index in [1.54, 1.807) is 24.3 Å². The van der Waals surface area contributed by atoms with Gasteiger partial charge in [-0.05, 0) is 24.3 Å². The molecule has 4 aromatic rings. The van der Waals surface area contributed by atoms with Gasteiger partial charge >= 0.3 is 6.01 Å². The lowest BCUT2D eigenvalue weighted by Gasteiger charge is -1.97. The number of fused-ring (bicyclic) bond motifs is 1. The minimum Gasteiger partial charge on any atom is -0.403 e. The smallest absolute Gasteiger partial charge is 0.322 e. The molecule has 0 amide bonds. The number of nitrogens with one attached hydrogen (secondary N) is 1. The highest BCUT2D eigenvalue weighted by molar-refractivity contribution is 7.22. The molecule has 0 radical (unpaired) electrons. The summed E-state index contributed by atoms with van der Waals surface area (Å²) in [6, 6.07) is 12.1. The van der Waals surface area contributed by atoms with Gasteiger partial charge in [0.2, 0.25) is 0 Å². The number of hydrogen-bond donors (Lipinski definition) is 1. The molecule has 0 fully saturated rings. The number of nitrogens with zero attached hydrogens (tertiary/aromatic N) is 3. The van der Waals surface area contributed by atoms with Crippen molar-refractivity contribution < 1.29 is 8.81 Å². The van der Waals surface area contributed by atoms with Crippen molar-refractivity contribution >= 4 is 44.3 Å². The normalized spacial score (nSPS) is 11.0. The van der Waals surface area contributed by atoms with E-state index in [0.29, 0.717) is 27.1 Å². The zero-order valence-electron chi connectivity index (χ0n) is 11.5. The number of halogens is 2. The number of aromatic nitrogens is 3. The van der Waals surface area contributed by atoms with E-state index in [1.807, 2.05) is 12.1 Å². The topological polar surface area (TPSA) is 63.8 Å². The van der Waals surface area contributed by atoms with Crippen molar-refractivity contribution in [3.05, 3.63) is 53.3 Å². The van der Waals surface area contributed by atoms with Gasteiger partial charge in [0.05, 0.1) is 15.3 Å². The van der Waals surface area contributed by atoms with Gasteiger partial charge in [0.1, 0.15) is 11.3 Å². The minimum absolute atomic E-state index is 0.166. The molecule has 114 valence electrons. The predicted octanol–water partition coefficient (Wildman–Crippen LogP) is 4.88. The number of benzene rings is 2. The van der Waals surface area contributed by atoms with Crippen molar-refractivity contribution in [2.45, 2.75) is 0 Å². The van der Waals surface area contributed by atoms with E-state index in [1.165, 1.54) is 17.4 Å². The zero-order valence-corrected chi connectivity index (χ0v) is 13.0. The molecule has 0 saturated heterocycles. The summed E-state index contributed by atoms with van der Waals surface area (Å²) in [5.74, 6) is -0.0699. The molecule has 0 aliphatic heterocycles. The van der Waals surface area contributed by atoms with E-state index in [0.717, 1.165) is 4.70 Å². The molecule has 0 spiro atoms. The number of para-hydroxylation sites is 1. The Morgan fingerprint density at radius 1 is 1.09 bits per heavy atom. The Bertz CT molecular complexity index is 1000. The Hall–Kier alpha value is -2.51. The Morgan fingerprint density at radius 2 is 1.96 bits per heavy atom. The molecular weight excluding hydrogens is 339 g/mol. The van der Waals surface area contributed by atoms with Crippen LogP contribution in [0.15, 0.2) is 46.9 Å². The molecule has 23 heavy (non-hydrogen) atoms. The maximum Gasteiger partial charge on any atom is 0.322 e. The van der Waals surface area contributed by atoms with E-state index >= 15 is 0 Å². The monoisotopic (exact) mass is 346 g/mol. The number of thiazole rings is 1. The van der Waals surface area contributed by atoms with Crippen LogP contribution in [0.4, 0.5) is 15.5 Å². The van der Waals surface area contributed by atoms with Crippen molar-refractivity contribution in [1.82, 2.24) is 15.2 Å². The van der Waals surface area contributed by atoms with Gasteiger partial charge in [0, 0.05) is 0 Å². The quantitative estimate of drug-likeness (QED) is 0.572. The Balaban J connectivity index is 1.64. The third-order valence-corrected chi connectivity index (χ3v) is 4.38. The third kappa shape index (κ3) is 2.64. The van der Waals surface area contributed by atoms with Crippen LogP contribution < -0.4 is 5.32 Å². The number of hydrogen-bond acceptors (Lipinski definition) is 6. The third-order valence-electron chi connectivity index (χ3n) is 3.11. The average molecular weight is 347 g/mol. The molecule has 2 aromatic heterocycles. The van der Waals surface area contributed by atoms with Crippen LogP contribution in [-0.2, 0) is 0 Å². The van der Waals surface area contributed by atoms with Crippen molar-refractivity contribution in [1.29, 1.82) is 0 Å². The largest absolute Gasteiger partial charge is 0.403 e. The Kier molecular flexibility index (Phi) is 3.44. The lowest BCUT2D eigenvalue weighted by atomic mass is 10.2. The molecule has 4 rings (SSSR count). The molecule has 0 atom stereocenters. The summed E-state index contributed by atoms with van der Waals surface area (Å²) in [5, 5.41) is 11.7. The summed E-state index contributed by atoms with van der Waals surface area (Å²) < 4.78 is 19.9. The minimum atomic E-state index is -0.367. The second kappa shape index (κ2) is 5.60. The van der Waals surface area contributed by atoms with Gasteiger partial charge in [0.15, 0.2) is 5.13 Å². The number of rotatable bonds is 3. The SMILES string of the molecule is Fc1cccc2sc(Nc3nnc(-c4ccccc4Cl)o3)nc12. The summed E-state index contributed by atoms with van der Waals surface area (Å²) in [5.41, 5.74) is 0.955. The van der Waals surface area contributed by atoms with Gasteiger partial charge in [-0.25, -0.2) is 9.37 Å². The molecular formula is C15H8ClFN4OS. The Morgan fingerprint density at radius 3 is 2.78 bits per heavy atom. The van der Waals surface area contributed by atoms with Crippen molar-refractivity contribution in [3.8, 4) is 11.5 Å². The number of anilines is 2. The molecule has 5 nitrogen and oxygen atoms in total.